The number of hydrogen-bond acceptors (Lipinski definition) is 2. The molecule has 0 aliphatic heterocycles. The van der Waals surface area contributed by atoms with Crippen LogP contribution in [0.25, 0.3) is 0 Å². The average molecular weight is 224 g/mol. The number of unbranched alkanes of at least 4 members (excludes halogenated alkanes) is 2. The molecule has 0 unspecified atom stereocenters. The van der Waals surface area contributed by atoms with Gasteiger partial charge in [-0.3, -0.25) is 4.79 Å². The molecule has 1 aromatic rings. The minimum absolute atomic E-state index is 0.112. The van der Waals surface area contributed by atoms with Crippen LogP contribution in [0.2, 0.25) is 0 Å². The van der Waals surface area contributed by atoms with E-state index in [4.69, 9.17) is 4.74 Å². The Balaban J connectivity index is 2.56. The van der Waals surface area contributed by atoms with Crippen molar-refractivity contribution in [1.29, 1.82) is 0 Å². The molecule has 0 N–H and O–H groups in total. The van der Waals surface area contributed by atoms with Crippen LogP contribution in [-0.2, 0) is 0 Å². The van der Waals surface area contributed by atoms with Gasteiger partial charge in [0.1, 0.15) is 11.6 Å². The van der Waals surface area contributed by atoms with Crippen molar-refractivity contribution in [2.45, 2.75) is 33.1 Å². The predicted octanol–water partition coefficient (Wildman–Crippen LogP) is 3.60. The van der Waals surface area contributed by atoms with E-state index in [0.29, 0.717) is 12.4 Å². The first-order chi connectivity index (χ1) is 7.65. The van der Waals surface area contributed by atoms with Crippen LogP contribution in [0.3, 0.4) is 0 Å². The van der Waals surface area contributed by atoms with Gasteiger partial charge in [0, 0.05) is 6.07 Å². The Hall–Kier alpha value is -1.38. The van der Waals surface area contributed by atoms with Gasteiger partial charge in [0.05, 0.1) is 12.2 Å². The number of benzene rings is 1. The van der Waals surface area contributed by atoms with Gasteiger partial charge < -0.3 is 4.74 Å². The van der Waals surface area contributed by atoms with E-state index in [1.165, 1.54) is 19.1 Å². The van der Waals surface area contributed by atoms with Gasteiger partial charge in [-0.2, -0.15) is 0 Å². The maximum atomic E-state index is 13.4. The van der Waals surface area contributed by atoms with E-state index in [-0.39, 0.29) is 11.3 Å². The molecule has 0 heterocycles. The molecule has 0 aromatic heterocycles. The quantitative estimate of drug-likeness (QED) is 0.545. The normalized spacial score (nSPS) is 10.2. The Kier molecular flexibility index (Phi) is 4.96. The fourth-order valence-electron chi connectivity index (χ4n) is 1.41. The SMILES string of the molecule is CCCCCOc1ccc(C(C)=O)c(F)c1. The monoisotopic (exact) mass is 224 g/mol. The topological polar surface area (TPSA) is 26.3 Å². The van der Waals surface area contributed by atoms with Crippen LogP contribution in [0.1, 0.15) is 43.5 Å². The van der Waals surface area contributed by atoms with Gasteiger partial charge in [0.15, 0.2) is 5.78 Å². The van der Waals surface area contributed by atoms with E-state index < -0.39 is 5.82 Å². The molecule has 0 saturated carbocycles. The molecule has 0 radical (unpaired) electrons. The first-order valence-corrected chi connectivity index (χ1v) is 5.58. The van der Waals surface area contributed by atoms with Crippen LogP contribution in [-0.4, -0.2) is 12.4 Å². The molecular weight excluding hydrogens is 207 g/mol. The lowest BCUT2D eigenvalue weighted by molar-refractivity contribution is 0.101. The highest BCUT2D eigenvalue weighted by Crippen LogP contribution is 2.17. The van der Waals surface area contributed by atoms with Gasteiger partial charge in [-0.25, -0.2) is 4.39 Å². The highest BCUT2D eigenvalue weighted by molar-refractivity contribution is 5.94. The maximum absolute atomic E-state index is 13.4. The Labute approximate surface area is 95.4 Å². The van der Waals surface area contributed by atoms with Gasteiger partial charge in [-0.1, -0.05) is 19.8 Å². The van der Waals surface area contributed by atoms with Crippen LogP contribution in [0.15, 0.2) is 18.2 Å². The maximum Gasteiger partial charge on any atom is 0.162 e. The van der Waals surface area contributed by atoms with Crippen molar-refractivity contribution in [2.75, 3.05) is 6.61 Å². The summed E-state index contributed by atoms with van der Waals surface area (Å²) < 4.78 is 18.7. The zero-order chi connectivity index (χ0) is 12.0. The summed E-state index contributed by atoms with van der Waals surface area (Å²) in [6, 6.07) is 4.36. The number of carbonyl (C=O) groups is 1. The van der Waals surface area contributed by atoms with Crippen LogP contribution >= 0.6 is 0 Å². The van der Waals surface area contributed by atoms with E-state index >= 15 is 0 Å². The second-order valence-corrected chi connectivity index (χ2v) is 3.75. The van der Waals surface area contributed by atoms with Crippen molar-refractivity contribution >= 4 is 5.78 Å². The Morgan fingerprint density at radius 2 is 2.12 bits per heavy atom. The second-order valence-electron chi connectivity index (χ2n) is 3.75. The van der Waals surface area contributed by atoms with Crippen LogP contribution < -0.4 is 4.74 Å². The Morgan fingerprint density at radius 3 is 2.69 bits per heavy atom. The number of ether oxygens (including phenoxy) is 1. The minimum atomic E-state index is -0.513. The third-order valence-corrected chi connectivity index (χ3v) is 2.34. The number of halogens is 1. The summed E-state index contributed by atoms with van der Waals surface area (Å²) in [5.74, 6) is -0.297. The lowest BCUT2D eigenvalue weighted by atomic mass is 10.1. The largest absolute Gasteiger partial charge is 0.493 e. The average Bonchev–Trinajstić information content (AvgIpc) is 2.24. The predicted molar refractivity (Wildman–Crippen MR) is 61.4 cm³/mol. The highest BCUT2D eigenvalue weighted by atomic mass is 19.1. The van der Waals surface area contributed by atoms with Crippen molar-refractivity contribution < 1.29 is 13.9 Å². The molecule has 0 fully saturated rings. The van der Waals surface area contributed by atoms with Gasteiger partial charge in [-0.05, 0) is 25.5 Å². The second kappa shape index (κ2) is 6.26. The molecule has 88 valence electrons. The zero-order valence-electron chi connectivity index (χ0n) is 9.75. The van der Waals surface area contributed by atoms with E-state index in [0.717, 1.165) is 19.3 Å². The number of Topliss-reactive ketones (excluding diaryl/α,β-unsaturated/α-hetero) is 1. The summed E-state index contributed by atoms with van der Waals surface area (Å²) in [7, 11) is 0. The third kappa shape index (κ3) is 3.65. The third-order valence-electron chi connectivity index (χ3n) is 2.34. The fourth-order valence-corrected chi connectivity index (χ4v) is 1.41. The van der Waals surface area contributed by atoms with Gasteiger partial charge >= 0.3 is 0 Å². The first kappa shape index (κ1) is 12.7. The molecule has 2 nitrogen and oxygen atoms in total. The molecule has 1 aromatic carbocycles. The van der Waals surface area contributed by atoms with E-state index in [2.05, 4.69) is 6.92 Å². The van der Waals surface area contributed by atoms with E-state index in [1.807, 2.05) is 0 Å². The van der Waals surface area contributed by atoms with Crippen molar-refractivity contribution in [3.63, 3.8) is 0 Å². The van der Waals surface area contributed by atoms with Crippen molar-refractivity contribution in [3.8, 4) is 5.75 Å². The van der Waals surface area contributed by atoms with Crippen molar-refractivity contribution in [3.05, 3.63) is 29.6 Å². The lowest BCUT2D eigenvalue weighted by Crippen LogP contribution is -2.00. The molecule has 0 aliphatic rings. The summed E-state index contributed by atoms with van der Waals surface area (Å²) in [6.07, 6.45) is 3.20. The molecule has 3 heteroatoms. The standard InChI is InChI=1S/C13H17FO2/c1-3-4-5-8-16-11-6-7-12(10(2)15)13(14)9-11/h6-7,9H,3-5,8H2,1-2H3. The number of ketones is 1. The van der Waals surface area contributed by atoms with E-state index in [9.17, 15) is 9.18 Å². The fraction of sp³-hybridized carbons (Fsp3) is 0.462. The number of carbonyl (C=O) groups excluding carboxylic acids is 1. The molecule has 16 heavy (non-hydrogen) atoms. The summed E-state index contributed by atoms with van der Waals surface area (Å²) in [6.45, 7) is 4.05. The van der Waals surface area contributed by atoms with Crippen LogP contribution in [0, 0.1) is 5.82 Å². The summed E-state index contributed by atoms with van der Waals surface area (Å²) in [5.41, 5.74) is 0.112. The molecule has 1 rings (SSSR count). The lowest BCUT2D eigenvalue weighted by Gasteiger charge is -2.06. The Morgan fingerprint density at radius 1 is 1.38 bits per heavy atom. The zero-order valence-corrected chi connectivity index (χ0v) is 9.75. The smallest absolute Gasteiger partial charge is 0.162 e. The van der Waals surface area contributed by atoms with Gasteiger partial charge in [-0.15, -0.1) is 0 Å². The molecule has 0 atom stereocenters. The molecular formula is C13H17FO2. The first-order valence-electron chi connectivity index (χ1n) is 5.58. The summed E-state index contributed by atoms with van der Waals surface area (Å²) in [4.78, 5) is 11.0. The van der Waals surface area contributed by atoms with Gasteiger partial charge in [0.25, 0.3) is 0 Å². The molecule has 0 amide bonds. The number of rotatable bonds is 6. The molecule has 0 bridgehead atoms. The van der Waals surface area contributed by atoms with Crippen molar-refractivity contribution in [1.82, 2.24) is 0 Å². The van der Waals surface area contributed by atoms with Crippen molar-refractivity contribution in [2.24, 2.45) is 0 Å². The van der Waals surface area contributed by atoms with E-state index in [1.54, 1.807) is 6.07 Å². The van der Waals surface area contributed by atoms with Crippen LogP contribution in [0.4, 0.5) is 4.39 Å². The summed E-state index contributed by atoms with van der Waals surface area (Å²) >= 11 is 0. The molecule has 0 aliphatic carbocycles. The molecule has 0 spiro atoms. The van der Waals surface area contributed by atoms with Gasteiger partial charge in [0.2, 0.25) is 0 Å². The molecule has 0 saturated heterocycles. The minimum Gasteiger partial charge on any atom is -0.493 e. The Bertz CT molecular complexity index is 361. The van der Waals surface area contributed by atoms with Crippen LogP contribution in [0.5, 0.6) is 5.75 Å². The summed E-state index contributed by atoms with van der Waals surface area (Å²) in [5, 5.41) is 0. The highest BCUT2D eigenvalue weighted by Gasteiger charge is 2.07. The number of hydrogen-bond donors (Lipinski definition) is 0.